The lowest BCUT2D eigenvalue weighted by atomic mass is 10.2. The second kappa shape index (κ2) is 6.10. The van der Waals surface area contributed by atoms with Crippen molar-refractivity contribution in [2.45, 2.75) is 18.2 Å². The average Bonchev–Trinajstić information content (AvgIpc) is 3.09. The summed E-state index contributed by atoms with van der Waals surface area (Å²) in [5.41, 5.74) is 0.522. The first-order valence-corrected chi connectivity index (χ1v) is 9.07. The second-order valence-corrected chi connectivity index (χ2v) is 7.84. The van der Waals surface area contributed by atoms with Crippen LogP contribution in [-0.2, 0) is 25.3 Å². The number of sulfonamides is 1. The lowest BCUT2D eigenvalue weighted by Crippen LogP contribution is -2.42. The van der Waals surface area contributed by atoms with Gasteiger partial charge in [0.25, 0.3) is 5.91 Å². The normalized spacial score (nSPS) is 22.7. The standard InChI is InChI=1S/C14H15ClN2O5S/c15-12-4-2-1-3-10(12)9-23(20,21)16-6-5-11(7-16)17-13(18)8-22-14(17)19/h1-4,11H,5-9H2. The van der Waals surface area contributed by atoms with Gasteiger partial charge in [-0.2, -0.15) is 4.31 Å². The van der Waals surface area contributed by atoms with Crippen LogP contribution in [0.1, 0.15) is 12.0 Å². The van der Waals surface area contributed by atoms with Gasteiger partial charge in [-0.25, -0.2) is 18.1 Å². The summed E-state index contributed by atoms with van der Waals surface area (Å²) in [6.07, 6.45) is -0.298. The van der Waals surface area contributed by atoms with E-state index in [0.717, 1.165) is 4.90 Å². The Balaban J connectivity index is 1.72. The van der Waals surface area contributed by atoms with E-state index in [0.29, 0.717) is 17.0 Å². The molecule has 2 aliphatic rings. The van der Waals surface area contributed by atoms with E-state index < -0.39 is 28.1 Å². The Morgan fingerprint density at radius 3 is 2.65 bits per heavy atom. The smallest absolute Gasteiger partial charge is 0.417 e. The van der Waals surface area contributed by atoms with Gasteiger partial charge in [0.05, 0.1) is 11.8 Å². The molecule has 3 rings (SSSR count). The number of carbonyl (C=O) groups excluding carboxylic acids is 2. The molecule has 7 nitrogen and oxygen atoms in total. The fourth-order valence-corrected chi connectivity index (χ4v) is 4.69. The first-order chi connectivity index (χ1) is 10.9. The molecule has 0 radical (unpaired) electrons. The lowest BCUT2D eigenvalue weighted by Gasteiger charge is -2.20. The van der Waals surface area contributed by atoms with E-state index in [4.69, 9.17) is 11.6 Å². The van der Waals surface area contributed by atoms with E-state index in [2.05, 4.69) is 4.74 Å². The van der Waals surface area contributed by atoms with Crippen molar-refractivity contribution in [1.82, 2.24) is 9.21 Å². The molecule has 23 heavy (non-hydrogen) atoms. The highest BCUT2D eigenvalue weighted by Gasteiger charge is 2.42. The van der Waals surface area contributed by atoms with Crippen molar-refractivity contribution < 1.29 is 22.7 Å². The van der Waals surface area contributed by atoms with E-state index in [-0.39, 0.29) is 25.4 Å². The minimum Gasteiger partial charge on any atom is -0.439 e. The van der Waals surface area contributed by atoms with Gasteiger partial charge in [-0.15, -0.1) is 0 Å². The van der Waals surface area contributed by atoms with E-state index >= 15 is 0 Å². The number of amides is 2. The highest BCUT2D eigenvalue weighted by atomic mass is 35.5. The minimum absolute atomic E-state index is 0.0909. The zero-order valence-corrected chi connectivity index (χ0v) is 13.7. The van der Waals surface area contributed by atoms with Crippen molar-refractivity contribution in [2.24, 2.45) is 0 Å². The third kappa shape index (κ3) is 3.19. The lowest BCUT2D eigenvalue weighted by molar-refractivity contribution is -0.127. The molecule has 2 amide bonds. The van der Waals surface area contributed by atoms with Crippen molar-refractivity contribution in [2.75, 3.05) is 19.7 Å². The van der Waals surface area contributed by atoms with Gasteiger partial charge < -0.3 is 4.74 Å². The second-order valence-electron chi connectivity index (χ2n) is 5.47. The molecule has 124 valence electrons. The Morgan fingerprint density at radius 2 is 2.00 bits per heavy atom. The molecule has 9 heteroatoms. The molecule has 2 saturated heterocycles. The Kier molecular flexibility index (Phi) is 4.31. The van der Waals surface area contributed by atoms with Crippen LogP contribution in [0.4, 0.5) is 4.79 Å². The van der Waals surface area contributed by atoms with Gasteiger partial charge >= 0.3 is 6.09 Å². The van der Waals surface area contributed by atoms with Crippen LogP contribution in [0.15, 0.2) is 24.3 Å². The maximum Gasteiger partial charge on any atom is 0.417 e. The zero-order valence-electron chi connectivity index (χ0n) is 12.1. The molecule has 0 saturated carbocycles. The first-order valence-electron chi connectivity index (χ1n) is 7.08. The van der Waals surface area contributed by atoms with Crippen LogP contribution in [0.2, 0.25) is 5.02 Å². The molecule has 0 aromatic heterocycles. The van der Waals surface area contributed by atoms with Crippen molar-refractivity contribution in [3.63, 3.8) is 0 Å². The Hall–Kier alpha value is -1.64. The maximum absolute atomic E-state index is 12.5. The molecule has 2 heterocycles. The molecule has 0 bridgehead atoms. The molecule has 1 unspecified atom stereocenters. The largest absolute Gasteiger partial charge is 0.439 e. The predicted octanol–water partition coefficient (Wildman–Crippen LogP) is 1.22. The zero-order chi connectivity index (χ0) is 16.6. The number of imide groups is 1. The van der Waals surface area contributed by atoms with Crippen LogP contribution in [-0.4, -0.2) is 55.4 Å². The van der Waals surface area contributed by atoms with Gasteiger partial charge in [0, 0.05) is 18.1 Å². The van der Waals surface area contributed by atoms with Gasteiger partial charge in [-0.05, 0) is 18.1 Å². The molecule has 1 atom stereocenters. The predicted molar refractivity (Wildman–Crippen MR) is 82.2 cm³/mol. The molecule has 2 fully saturated rings. The number of carbonyl (C=O) groups is 2. The van der Waals surface area contributed by atoms with Crippen LogP contribution in [0.5, 0.6) is 0 Å². The maximum atomic E-state index is 12.5. The highest BCUT2D eigenvalue weighted by Crippen LogP contribution is 2.25. The number of hydrogen-bond acceptors (Lipinski definition) is 5. The van der Waals surface area contributed by atoms with E-state index in [1.165, 1.54) is 4.31 Å². The number of rotatable bonds is 4. The molecule has 0 N–H and O–H groups in total. The third-order valence-electron chi connectivity index (χ3n) is 3.96. The molecule has 1 aromatic carbocycles. The molecule has 0 spiro atoms. The van der Waals surface area contributed by atoms with Crippen LogP contribution < -0.4 is 0 Å². The van der Waals surface area contributed by atoms with Crippen LogP contribution in [0.25, 0.3) is 0 Å². The summed E-state index contributed by atoms with van der Waals surface area (Å²) >= 11 is 6.01. The van der Waals surface area contributed by atoms with E-state index in [1.807, 2.05) is 0 Å². The quantitative estimate of drug-likeness (QED) is 0.808. The monoisotopic (exact) mass is 358 g/mol. The van der Waals surface area contributed by atoms with Crippen LogP contribution >= 0.6 is 11.6 Å². The topological polar surface area (TPSA) is 84.0 Å². The van der Waals surface area contributed by atoms with Gasteiger partial charge in [0.2, 0.25) is 10.0 Å². The number of benzene rings is 1. The third-order valence-corrected chi connectivity index (χ3v) is 6.13. The number of cyclic esters (lactones) is 1. The number of ether oxygens (including phenoxy) is 1. The number of nitrogens with zero attached hydrogens (tertiary/aromatic N) is 2. The van der Waals surface area contributed by atoms with Crippen molar-refractivity contribution >= 4 is 33.6 Å². The fourth-order valence-electron chi connectivity index (χ4n) is 2.79. The fraction of sp³-hybridized carbons (Fsp3) is 0.429. The summed E-state index contributed by atoms with van der Waals surface area (Å²) in [5.74, 6) is -0.636. The average molecular weight is 359 g/mol. The summed E-state index contributed by atoms with van der Waals surface area (Å²) in [6, 6.07) is 6.28. The van der Waals surface area contributed by atoms with E-state index in [9.17, 15) is 18.0 Å². The van der Waals surface area contributed by atoms with Gasteiger partial charge in [0.1, 0.15) is 0 Å². The Morgan fingerprint density at radius 1 is 1.26 bits per heavy atom. The Labute approximate surface area is 138 Å². The van der Waals surface area contributed by atoms with Crippen LogP contribution in [0.3, 0.4) is 0 Å². The summed E-state index contributed by atoms with van der Waals surface area (Å²) in [4.78, 5) is 24.2. The Bertz CT molecular complexity index is 735. The highest BCUT2D eigenvalue weighted by molar-refractivity contribution is 7.88. The summed E-state index contributed by atoms with van der Waals surface area (Å²) in [7, 11) is -3.57. The molecule has 1 aromatic rings. The number of hydrogen-bond donors (Lipinski definition) is 0. The van der Waals surface area contributed by atoms with Crippen molar-refractivity contribution in [3.05, 3.63) is 34.9 Å². The van der Waals surface area contributed by atoms with Gasteiger partial charge in [-0.1, -0.05) is 29.8 Å². The molecular formula is C14H15ClN2O5S. The number of halogens is 1. The summed E-state index contributed by atoms with van der Waals surface area (Å²) < 4.78 is 31.0. The van der Waals surface area contributed by atoms with Gasteiger partial charge in [-0.3, -0.25) is 4.79 Å². The van der Waals surface area contributed by atoms with Gasteiger partial charge in [0.15, 0.2) is 6.61 Å². The SMILES string of the molecule is O=C1COC(=O)N1C1CCN(S(=O)(=O)Cc2ccccc2Cl)C1. The van der Waals surface area contributed by atoms with Crippen molar-refractivity contribution in [3.8, 4) is 0 Å². The molecule has 0 aliphatic carbocycles. The molecular weight excluding hydrogens is 344 g/mol. The van der Waals surface area contributed by atoms with E-state index in [1.54, 1.807) is 24.3 Å². The van der Waals surface area contributed by atoms with Crippen LogP contribution in [0, 0.1) is 0 Å². The molecule has 2 aliphatic heterocycles. The van der Waals surface area contributed by atoms with Crippen molar-refractivity contribution in [1.29, 1.82) is 0 Å². The first kappa shape index (κ1) is 16.2. The summed E-state index contributed by atoms with van der Waals surface area (Å²) in [6.45, 7) is 0.0733. The summed E-state index contributed by atoms with van der Waals surface area (Å²) in [5, 5.41) is 0.394. The minimum atomic E-state index is -3.57.